The largest absolute Gasteiger partial charge is 0.386 e. The van der Waals surface area contributed by atoms with Crippen molar-refractivity contribution in [2.24, 2.45) is 5.73 Å². The molecule has 2 heterocycles. The first kappa shape index (κ1) is 24.3. The summed E-state index contributed by atoms with van der Waals surface area (Å²) in [6.45, 7) is 1.45. The third-order valence-corrected chi connectivity index (χ3v) is 8.68. The number of nitrogens with zero attached hydrogens (tertiary/aromatic N) is 4. The molecule has 0 radical (unpaired) electrons. The summed E-state index contributed by atoms with van der Waals surface area (Å²) in [5.41, 5.74) is 6.90. The summed E-state index contributed by atoms with van der Waals surface area (Å²) in [7, 11) is -4.30. The van der Waals surface area contributed by atoms with E-state index in [1.54, 1.807) is 0 Å². The highest BCUT2D eigenvalue weighted by Gasteiger charge is 2.65. The van der Waals surface area contributed by atoms with Crippen LogP contribution >= 0.6 is 0 Å². The van der Waals surface area contributed by atoms with Crippen molar-refractivity contribution in [2.45, 2.75) is 36.4 Å². The molecule has 1 atom stereocenters. The zero-order valence-corrected chi connectivity index (χ0v) is 19.2. The molecule has 1 aliphatic rings. The van der Waals surface area contributed by atoms with E-state index in [4.69, 9.17) is 16.4 Å². The number of pyridine rings is 1. The van der Waals surface area contributed by atoms with Gasteiger partial charge in [-0.2, -0.15) is 5.26 Å². The standard InChI is InChI=1S/C22H20F3N7O2S/c1-12(8-35(33,34)21(20(27)28)9-22(24,25)10-21)15-5-14(2-3-16(15)23)32-19-18-17(30-11-31-19)4-13(6-26)7-29-18/h2-5,7,11-12H,8-10H2,1H3,(H3,27,28)(H,30,31,32). The van der Waals surface area contributed by atoms with Crippen LogP contribution in [0.4, 0.5) is 24.7 Å². The van der Waals surface area contributed by atoms with Gasteiger partial charge in [0.2, 0.25) is 0 Å². The number of amidine groups is 1. The maximum absolute atomic E-state index is 14.7. The SMILES string of the molecule is CC(CS(=O)(=O)C1(C(=N)N)CC(F)(F)C1)c1cc(Nc2ncnc3cc(C#N)cnc23)ccc1F. The Morgan fingerprint density at radius 1 is 1.29 bits per heavy atom. The summed E-state index contributed by atoms with van der Waals surface area (Å²) in [6, 6.07) is 7.45. The molecule has 13 heteroatoms. The smallest absolute Gasteiger partial charge is 0.252 e. The minimum absolute atomic E-state index is 0.0291. The van der Waals surface area contributed by atoms with E-state index >= 15 is 0 Å². The van der Waals surface area contributed by atoms with Gasteiger partial charge in [0.1, 0.15) is 34.3 Å². The average Bonchev–Trinajstić information content (AvgIpc) is 2.77. The molecular formula is C22H20F3N7O2S. The second-order valence-corrected chi connectivity index (χ2v) is 10.9. The molecule has 3 aromatic rings. The fraction of sp³-hybridized carbons (Fsp3) is 0.318. The number of hydrogen-bond acceptors (Lipinski definition) is 8. The minimum atomic E-state index is -4.30. The summed E-state index contributed by atoms with van der Waals surface area (Å²) in [6.07, 6.45) is 0.503. The molecule has 0 aliphatic heterocycles. The summed E-state index contributed by atoms with van der Waals surface area (Å²) in [5.74, 6) is -6.06. The predicted molar refractivity (Wildman–Crippen MR) is 123 cm³/mol. The molecule has 4 N–H and O–H groups in total. The van der Waals surface area contributed by atoms with Crippen LogP contribution in [-0.2, 0) is 9.84 Å². The zero-order valence-electron chi connectivity index (χ0n) is 18.4. The van der Waals surface area contributed by atoms with Crippen LogP contribution in [0.25, 0.3) is 11.0 Å². The number of sulfone groups is 1. The van der Waals surface area contributed by atoms with Crippen molar-refractivity contribution in [3.8, 4) is 6.07 Å². The molecule has 1 aliphatic carbocycles. The third kappa shape index (κ3) is 4.37. The first-order valence-corrected chi connectivity index (χ1v) is 12.0. The van der Waals surface area contributed by atoms with Gasteiger partial charge >= 0.3 is 0 Å². The van der Waals surface area contributed by atoms with E-state index in [1.807, 2.05) is 6.07 Å². The number of nitriles is 1. The van der Waals surface area contributed by atoms with E-state index < -0.39 is 56.7 Å². The van der Waals surface area contributed by atoms with E-state index in [0.717, 1.165) is 6.07 Å². The zero-order chi connectivity index (χ0) is 25.6. The van der Waals surface area contributed by atoms with Crippen molar-refractivity contribution in [1.29, 1.82) is 10.7 Å². The minimum Gasteiger partial charge on any atom is -0.386 e. The van der Waals surface area contributed by atoms with Gasteiger partial charge in [0.25, 0.3) is 5.92 Å². The molecule has 0 saturated heterocycles. The van der Waals surface area contributed by atoms with Crippen LogP contribution in [-0.4, -0.2) is 45.6 Å². The summed E-state index contributed by atoms with van der Waals surface area (Å²) < 4.78 is 65.6. The number of nitrogens with two attached hydrogens (primary N) is 1. The first-order chi connectivity index (χ1) is 16.4. The maximum atomic E-state index is 14.7. The van der Waals surface area contributed by atoms with E-state index in [-0.39, 0.29) is 11.4 Å². The molecule has 1 aromatic carbocycles. The van der Waals surface area contributed by atoms with Gasteiger partial charge in [-0.3, -0.25) is 5.41 Å². The lowest BCUT2D eigenvalue weighted by Gasteiger charge is -2.45. The van der Waals surface area contributed by atoms with Crippen molar-refractivity contribution >= 4 is 38.2 Å². The second-order valence-electron chi connectivity index (χ2n) is 8.59. The topological polar surface area (TPSA) is 158 Å². The Morgan fingerprint density at radius 2 is 2.00 bits per heavy atom. The summed E-state index contributed by atoms with van der Waals surface area (Å²) >= 11 is 0. The quantitative estimate of drug-likeness (QED) is 0.327. The summed E-state index contributed by atoms with van der Waals surface area (Å²) in [4.78, 5) is 12.4. The van der Waals surface area contributed by atoms with Crippen molar-refractivity contribution in [1.82, 2.24) is 15.0 Å². The number of rotatable bonds is 7. The number of benzene rings is 1. The monoisotopic (exact) mass is 503 g/mol. The molecule has 0 spiro atoms. The molecule has 35 heavy (non-hydrogen) atoms. The number of anilines is 2. The Labute approximate surface area is 198 Å². The van der Waals surface area contributed by atoms with Gasteiger partial charge in [-0.15, -0.1) is 0 Å². The molecule has 0 amide bonds. The van der Waals surface area contributed by atoms with Crippen molar-refractivity contribution in [3.05, 3.63) is 53.7 Å². The van der Waals surface area contributed by atoms with E-state index in [1.165, 1.54) is 37.6 Å². The van der Waals surface area contributed by atoms with Gasteiger partial charge in [0.15, 0.2) is 15.7 Å². The Kier molecular flexibility index (Phi) is 5.88. The number of fused-ring (bicyclic) bond motifs is 1. The van der Waals surface area contributed by atoms with Crippen molar-refractivity contribution in [3.63, 3.8) is 0 Å². The van der Waals surface area contributed by atoms with Gasteiger partial charge in [0.05, 0.1) is 16.8 Å². The van der Waals surface area contributed by atoms with Crippen molar-refractivity contribution in [2.75, 3.05) is 11.1 Å². The van der Waals surface area contributed by atoms with Crippen LogP contribution in [0.1, 0.15) is 36.8 Å². The van der Waals surface area contributed by atoms with Crippen LogP contribution in [0.3, 0.4) is 0 Å². The van der Waals surface area contributed by atoms with Gasteiger partial charge in [-0.05, 0) is 35.7 Å². The maximum Gasteiger partial charge on any atom is 0.252 e. The van der Waals surface area contributed by atoms with E-state index in [0.29, 0.717) is 22.3 Å². The third-order valence-electron chi connectivity index (χ3n) is 6.04. The predicted octanol–water partition coefficient (Wildman–Crippen LogP) is 3.40. The lowest BCUT2D eigenvalue weighted by atomic mass is 9.79. The van der Waals surface area contributed by atoms with Crippen LogP contribution in [0, 0.1) is 22.6 Å². The number of aromatic nitrogens is 3. The first-order valence-electron chi connectivity index (χ1n) is 10.4. The molecule has 9 nitrogen and oxygen atoms in total. The number of alkyl halides is 2. The van der Waals surface area contributed by atoms with Gasteiger partial charge in [0, 0.05) is 24.7 Å². The Hall–Kier alpha value is -3.79. The van der Waals surface area contributed by atoms with E-state index in [9.17, 15) is 21.6 Å². The van der Waals surface area contributed by atoms with Crippen LogP contribution in [0.5, 0.6) is 0 Å². The average molecular weight is 504 g/mol. The normalized spacial score (nSPS) is 17.2. The lowest BCUT2D eigenvalue weighted by Crippen LogP contribution is -2.64. The molecule has 1 saturated carbocycles. The number of halogens is 3. The van der Waals surface area contributed by atoms with Crippen LogP contribution < -0.4 is 11.1 Å². The molecule has 0 bridgehead atoms. The Morgan fingerprint density at radius 3 is 2.63 bits per heavy atom. The molecule has 182 valence electrons. The molecule has 2 aromatic heterocycles. The van der Waals surface area contributed by atoms with Gasteiger partial charge in [-0.25, -0.2) is 36.5 Å². The summed E-state index contributed by atoms with van der Waals surface area (Å²) in [5, 5.41) is 19.6. The van der Waals surface area contributed by atoms with Crippen LogP contribution in [0.2, 0.25) is 0 Å². The molecule has 1 fully saturated rings. The van der Waals surface area contributed by atoms with E-state index in [2.05, 4.69) is 20.3 Å². The fourth-order valence-corrected chi connectivity index (χ4v) is 6.53. The van der Waals surface area contributed by atoms with Gasteiger partial charge < -0.3 is 11.1 Å². The Balaban J connectivity index is 1.61. The fourth-order valence-electron chi connectivity index (χ4n) is 4.17. The number of nitrogens with one attached hydrogen (secondary N) is 2. The molecular weight excluding hydrogens is 483 g/mol. The number of hydrogen-bond donors (Lipinski definition) is 3. The van der Waals surface area contributed by atoms with Gasteiger partial charge in [-0.1, -0.05) is 6.92 Å². The Bertz CT molecular complexity index is 1480. The van der Waals surface area contributed by atoms with Crippen molar-refractivity contribution < 1.29 is 21.6 Å². The lowest BCUT2D eigenvalue weighted by molar-refractivity contribution is -0.0823. The highest BCUT2D eigenvalue weighted by molar-refractivity contribution is 7.93. The second kappa shape index (κ2) is 8.46. The molecule has 1 unspecified atom stereocenters. The highest BCUT2D eigenvalue weighted by atomic mass is 32.2. The van der Waals surface area contributed by atoms with Crippen LogP contribution in [0.15, 0.2) is 36.8 Å². The highest BCUT2D eigenvalue weighted by Crippen LogP contribution is 2.51. The molecule has 4 rings (SSSR count).